The molecule has 0 saturated heterocycles. The first-order chi connectivity index (χ1) is 12.1. The molecule has 25 heavy (non-hydrogen) atoms. The van der Waals surface area contributed by atoms with Crippen LogP contribution in [0.15, 0.2) is 63.8 Å². The number of amides is 1. The number of ether oxygens (including phenoxy) is 1. The molecule has 1 aromatic carbocycles. The number of carbonyl (C=O) groups excluding carboxylic acids is 1. The lowest BCUT2D eigenvalue weighted by atomic mass is 10.3. The van der Waals surface area contributed by atoms with Crippen LogP contribution in [0.4, 0.5) is 4.39 Å². The number of furan rings is 2. The van der Waals surface area contributed by atoms with Gasteiger partial charge in [0.25, 0.3) is 5.91 Å². The first-order valence-electron chi connectivity index (χ1n) is 7.52. The van der Waals surface area contributed by atoms with Crippen molar-refractivity contribution in [3.63, 3.8) is 0 Å². The van der Waals surface area contributed by atoms with Gasteiger partial charge in [0.1, 0.15) is 23.1 Å². The number of rotatable bonds is 7. The van der Waals surface area contributed by atoms with Crippen LogP contribution in [-0.2, 0) is 17.9 Å². The normalized spacial score (nSPS) is 10.6. The van der Waals surface area contributed by atoms with E-state index >= 15 is 0 Å². The molecule has 0 bridgehead atoms. The maximum absolute atomic E-state index is 13.1. The highest BCUT2D eigenvalue weighted by atomic mass is 35.5. The van der Waals surface area contributed by atoms with Crippen molar-refractivity contribution in [2.75, 3.05) is 6.61 Å². The molecule has 0 aliphatic carbocycles. The molecule has 7 heteroatoms. The predicted octanol–water partition coefficient (Wildman–Crippen LogP) is 4.27. The van der Waals surface area contributed by atoms with E-state index in [9.17, 15) is 9.18 Å². The third kappa shape index (κ3) is 4.64. The van der Waals surface area contributed by atoms with Crippen molar-refractivity contribution in [1.82, 2.24) is 4.90 Å². The summed E-state index contributed by atoms with van der Waals surface area (Å²) in [6, 6.07) is 10.8. The molecule has 0 radical (unpaired) electrons. The van der Waals surface area contributed by atoms with E-state index < -0.39 is 5.82 Å². The van der Waals surface area contributed by atoms with Crippen LogP contribution in [-0.4, -0.2) is 17.4 Å². The van der Waals surface area contributed by atoms with E-state index in [1.165, 1.54) is 17.0 Å². The summed E-state index contributed by atoms with van der Waals surface area (Å²) in [5.41, 5.74) is 0. The predicted molar refractivity (Wildman–Crippen MR) is 88.6 cm³/mol. The Bertz CT molecular complexity index is 781. The molecule has 0 aliphatic rings. The molecule has 3 aromatic rings. The van der Waals surface area contributed by atoms with Crippen molar-refractivity contribution in [2.24, 2.45) is 0 Å². The Morgan fingerprint density at radius 1 is 1.08 bits per heavy atom. The second-order valence-electron chi connectivity index (χ2n) is 5.27. The van der Waals surface area contributed by atoms with Crippen molar-refractivity contribution >= 4 is 17.5 Å². The van der Waals surface area contributed by atoms with Gasteiger partial charge in [0.2, 0.25) is 0 Å². The molecule has 0 saturated carbocycles. The van der Waals surface area contributed by atoms with Crippen LogP contribution in [0, 0.1) is 5.82 Å². The number of nitrogens with zero attached hydrogens (tertiary/aromatic N) is 1. The molecule has 2 heterocycles. The quantitative estimate of drug-likeness (QED) is 0.629. The SMILES string of the molecule is O=C(COc1ccc(F)cc1Cl)N(Cc1ccco1)Cc1ccco1. The molecule has 0 unspecified atom stereocenters. The summed E-state index contributed by atoms with van der Waals surface area (Å²) < 4.78 is 29.1. The minimum absolute atomic E-state index is 0.108. The zero-order valence-corrected chi connectivity index (χ0v) is 13.9. The second kappa shape index (κ2) is 7.90. The van der Waals surface area contributed by atoms with Crippen molar-refractivity contribution in [1.29, 1.82) is 0 Å². The van der Waals surface area contributed by atoms with Crippen LogP contribution in [0.1, 0.15) is 11.5 Å². The number of benzene rings is 1. The Morgan fingerprint density at radius 3 is 2.24 bits per heavy atom. The summed E-state index contributed by atoms with van der Waals surface area (Å²) in [6.07, 6.45) is 3.08. The summed E-state index contributed by atoms with van der Waals surface area (Å²) in [4.78, 5) is 14.1. The molecule has 130 valence electrons. The molecule has 5 nitrogen and oxygen atoms in total. The first-order valence-corrected chi connectivity index (χ1v) is 7.90. The summed E-state index contributed by atoms with van der Waals surface area (Å²) >= 11 is 5.90. The monoisotopic (exact) mass is 363 g/mol. The molecule has 0 fully saturated rings. The molecule has 1 amide bonds. The Morgan fingerprint density at radius 2 is 1.72 bits per heavy atom. The van der Waals surface area contributed by atoms with Crippen LogP contribution in [0.3, 0.4) is 0 Å². The topological polar surface area (TPSA) is 55.8 Å². The van der Waals surface area contributed by atoms with Crippen molar-refractivity contribution < 1.29 is 22.8 Å². The first kappa shape index (κ1) is 17.1. The van der Waals surface area contributed by atoms with Crippen LogP contribution in [0.2, 0.25) is 5.02 Å². The van der Waals surface area contributed by atoms with Gasteiger partial charge >= 0.3 is 0 Å². The Balaban J connectivity index is 1.67. The van der Waals surface area contributed by atoms with Crippen LogP contribution in [0.25, 0.3) is 0 Å². The van der Waals surface area contributed by atoms with E-state index in [-0.39, 0.29) is 36.4 Å². The zero-order chi connectivity index (χ0) is 17.6. The van der Waals surface area contributed by atoms with Gasteiger partial charge in [0, 0.05) is 0 Å². The minimum atomic E-state index is -0.471. The van der Waals surface area contributed by atoms with Gasteiger partial charge in [-0.05, 0) is 42.5 Å². The van der Waals surface area contributed by atoms with E-state index in [1.54, 1.807) is 36.8 Å². The van der Waals surface area contributed by atoms with Crippen molar-refractivity contribution in [2.45, 2.75) is 13.1 Å². The maximum atomic E-state index is 13.1. The molecular weight excluding hydrogens is 349 g/mol. The van der Waals surface area contributed by atoms with Crippen LogP contribution >= 0.6 is 11.6 Å². The summed E-state index contributed by atoms with van der Waals surface area (Å²) in [7, 11) is 0. The van der Waals surface area contributed by atoms with E-state index in [0.717, 1.165) is 6.07 Å². The number of carbonyl (C=O) groups is 1. The van der Waals surface area contributed by atoms with Gasteiger partial charge in [-0.25, -0.2) is 4.39 Å². The van der Waals surface area contributed by atoms with E-state index in [2.05, 4.69) is 0 Å². The highest BCUT2D eigenvalue weighted by molar-refractivity contribution is 6.32. The van der Waals surface area contributed by atoms with Crippen LogP contribution < -0.4 is 4.74 Å². The fraction of sp³-hybridized carbons (Fsp3) is 0.167. The second-order valence-corrected chi connectivity index (χ2v) is 5.68. The highest BCUT2D eigenvalue weighted by Crippen LogP contribution is 2.25. The fourth-order valence-corrected chi connectivity index (χ4v) is 2.46. The molecule has 3 rings (SSSR count). The lowest BCUT2D eigenvalue weighted by molar-refractivity contribution is -0.135. The van der Waals surface area contributed by atoms with Gasteiger partial charge in [-0.1, -0.05) is 11.6 Å². The number of hydrogen-bond donors (Lipinski definition) is 0. The lowest BCUT2D eigenvalue weighted by Gasteiger charge is -2.21. The smallest absolute Gasteiger partial charge is 0.261 e. The Labute approximate surface area is 148 Å². The van der Waals surface area contributed by atoms with Gasteiger partial charge in [-0.15, -0.1) is 0 Å². The lowest BCUT2D eigenvalue weighted by Crippen LogP contribution is -2.33. The van der Waals surface area contributed by atoms with Crippen molar-refractivity contribution in [3.8, 4) is 5.75 Å². The van der Waals surface area contributed by atoms with Gasteiger partial charge < -0.3 is 18.5 Å². The summed E-state index contributed by atoms with van der Waals surface area (Å²) in [6.45, 7) is 0.298. The van der Waals surface area contributed by atoms with Gasteiger partial charge in [-0.3, -0.25) is 4.79 Å². The van der Waals surface area contributed by atoms with Gasteiger partial charge in [-0.2, -0.15) is 0 Å². The highest BCUT2D eigenvalue weighted by Gasteiger charge is 2.18. The average molecular weight is 364 g/mol. The standard InChI is InChI=1S/C18H15ClFNO4/c19-16-9-13(20)5-6-17(16)25-12-18(22)21(10-14-3-1-7-23-14)11-15-4-2-8-24-15/h1-9H,10-12H2. The number of hydrogen-bond acceptors (Lipinski definition) is 4. The average Bonchev–Trinajstić information content (AvgIpc) is 3.27. The van der Waals surface area contributed by atoms with Crippen molar-refractivity contribution in [3.05, 3.63) is 77.4 Å². The summed E-state index contributed by atoms with van der Waals surface area (Å²) in [5.74, 6) is 0.765. The molecule has 0 atom stereocenters. The van der Waals surface area contributed by atoms with Gasteiger partial charge in [0.15, 0.2) is 6.61 Å². The van der Waals surface area contributed by atoms with Crippen LogP contribution in [0.5, 0.6) is 5.75 Å². The summed E-state index contributed by atoms with van der Waals surface area (Å²) in [5, 5.41) is 0.108. The molecule has 0 aliphatic heterocycles. The largest absolute Gasteiger partial charge is 0.482 e. The van der Waals surface area contributed by atoms with E-state index in [4.69, 9.17) is 25.2 Å². The fourth-order valence-electron chi connectivity index (χ4n) is 2.24. The third-order valence-electron chi connectivity index (χ3n) is 3.45. The molecule has 2 aromatic heterocycles. The van der Waals surface area contributed by atoms with Gasteiger partial charge in [0.05, 0.1) is 30.6 Å². The third-order valence-corrected chi connectivity index (χ3v) is 3.75. The molecular formula is C18H15ClFNO4. The molecule has 0 spiro atoms. The molecule has 0 N–H and O–H groups in total. The van der Waals surface area contributed by atoms with E-state index in [1.807, 2.05) is 0 Å². The zero-order valence-electron chi connectivity index (χ0n) is 13.2. The Kier molecular flexibility index (Phi) is 5.40. The Hall–Kier alpha value is -2.73. The van der Waals surface area contributed by atoms with E-state index in [0.29, 0.717) is 11.5 Å². The number of halogens is 2. The maximum Gasteiger partial charge on any atom is 0.261 e. The minimum Gasteiger partial charge on any atom is -0.482 e.